The molecule has 0 unspecified atom stereocenters. The van der Waals surface area contributed by atoms with Crippen LogP contribution in [-0.2, 0) is 38.1 Å². The first-order valence-corrected chi connectivity index (χ1v) is 6.37. The summed E-state index contributed by atoms with van der Waals surface area (Å²) in [6.07, 6.45) is 0.694. The molecule has 2 rings (SSSR count). The molecule has 0 atom stereocenters. The Balaban J connectivity index is 0.00000180. The molecule has 0 N–H and O–H groups in total. The summed E-state index contributed by atoms with van der Waals surface area (Å²) in [4.78, 5) is 0. The van der Waals surface area contributed by atoms with Gasteiger partial charge in [-0.25, -0.2) is 6.42 Å². The van der Waals surface area contributed by atoms with Crippen LogP contribution in [0.3, 0.4) is 0 Å². The van der Waals surface area contributed by atoms with Gasteiger partial charge >= 0.3 is 29.5 Å². The molecule has 0 spiro atoms. The molecule has 1 heterocycles. The molecule has 1 aromatic carbocycles. The molecular weight excluding hydrogens is 316 g/mol. The van der Waals surface area contributed by atoms with E-state index in [4.69, 9.17) is 9.31 Å². The van der Waals surface area contributed by atoms with Crippen molar-refractivity contribution in [3.63, 3.8) is 0 Å². The van der Waals surface area contributed by atoms with Crippen molar-refractivity contribution >= 4 is 12.6 Å². The fraction of sp³-hybridized carbons (Fsp3) is 0.467. The van der Waals surface area contributed by atoms with Crippen molar-refractivity contribution in [2.24, 2.45) is 0 Å². The van der Waals surface area contributed by atoms with Crippen LogP contribution in [0.15, 0.2) is 18.2 Å². The fourth-order valence-corrected chi connectivity index (χ4v) is 2.15. The smallest absolute Gasteiger partial charge is 0.400 e. The van der Waals surface area contributed by atoms with Crippen molar-refractivity contribution in [1.82, 2.24) is 0 Å². The molecule has 1 saturated heterocycles. The summed E-state index contributed by atoms with van der Waals surface area (Å²) in [5.74, 6) is 0. The monoisotopic (exact) mass is 337 g/mol. The first-order chi connectivity index (χ1) is 8.28. The van der Waals surface area contributed by atoms with Gasteiger partial charge in [0.25, 0.3) is 0 Å². The van der Waals surface area contributed by atoms with Gasteiger partial charge < -0.3 is 16.2 Å². The zero-order valence-electron chi connectivity index (χ0n) is 12.2. The van der Waals surface area contributed by atoms with Crippen LogP contribution in [0.5, 0.6) is 0 Å². The van der Waals surface area contributed by atoms with Crippen LogP contribution in [0, 0.1) is 13.8 Å². The quantitative estimate of drug-likeness (QED) is 0.610. The second kappa shape index (κ2) is 5.67. The van der Waals surface area contributed by atoms with Gasteiger partial charge in [-0.1, -0.05) is 11.5 Å². The van der Waals surface area contributed by atoms with Crippen molar-refractivity contribution in [3.8, 4) is 0 Å². The van der Waals surface area contributed by atoms with Gasteiger partial charge in [-0.05, 0) is 27.7 Å². The SMILES string of the molecule is [CH2-]Cc1c([CH2-])cccc1B1OC(C)(C)C(C)(C)O1.[Nb+2]. The van der Waals surface area contributed by atoms with Gasteiger partial charge in [-0.3, -0.25) is 0 Å². The Morgan fingerprint density at radius 3 is 2.11 bits per heavy atom. The van der Waals surface area contributed by atoms with Gasteiger partial charge in [0.15, 0.2) is 0 Å². The van der Waals surface area contributed by atoms with E-state index < -0.39 is 0 Å². The second-order valence-corrected chi connectivity index (χ2v) is 5.82. The molecule has 101 valence electrons. The van der Waals surface area contributed by atoms with E-state index >= 15 is 0 Å². The number of benzene rings is 1. The van der Waals surface area contributed by atoms with Crippen LogP contribution in [-0.4, -0.2) is 18.3 Å². The Morgan fingerprint density at radius 1 is 1.11 bits per heavy atom. The summed E-state index contributed by atoms with van der Waals surface area (Å²) in [7, 11) is -0.326. The average Bonchev–Trinajstić information content (AvgIpc) is 2.47. The van der Waals surface area contributed by atoms with Gasteiger partial charge in [0.05, 0.1) is 11.2 Å². The molecule has 2 nitrogen and oxygen atoms in total. The minimum absolute atomic E-state index is 0. The van der Waals surface area contributed by atoms with Gasteiger partial charge in [0, 0.05) is 0 Å². The zero-order chi connectivity index (χ0) is 13.6. The van der Waals surface area contributed by atoms with Crippen molar-refractivity contribution in [2.45, 2.75) is 45.3 Å². The molecule has 0 amide bonds. The Hall–Kier alpha value is -0.185. The summed E-state index contributed by atoms with van der Waals surface area (Å²) >= 11 is 0. The summed E-state index contributed by atoms with van der Waals surface area (Å²) in [6, 6.07) is 6.02. The van der Waals surface area contributed by atoms with Crippen LogP contribution in [0.4, 0.5) is 0 Å². The van der Waals surface area contributed by atoms with Gasteiger partial charge in [0.1, 0.15) is 0 Å². The maximum atomic E-state index is 6.07. The van der Waals surface area contributed by atoms with E-state index in [1.807, 2.05) is 18.2 Å². The first-order valence-electron chi connectivity index (χ1n) is 6.37. The third kappa shape index (κ3) is 2.96. The third-order valence-corrected chi connectivity index (χ3v) is 4.07. The predicted octanol–water partition coefficient (Wildman–Crippen LogP) is 2.54. The van der Waals surface area contributed by atoms with Crippen molar-refractivity contribution in [2.75, 3.05) is 0 Å². The molecule has 0 aromatic heterocycles. The van der Waals surface area contributed by atoms with Gasteiger partial charge in [0.2, 0.25) is 0 Å². The number of rotatable bonds is 2. The van der Waals surface area contributed by atoms with E-state index in [9.17, 15) is 0 Å². The van der Waals surface area contributed by atoms with Crippen LogP contribution in [0.1, 0.15) is 38.8 Å². The van der Waals surface area contributed by atoms with Crippen LogP contribution in [0.2, 0.25) is 0 Å². The predicted molar refractivity (Wildman–Crippen MR) is 75.7 cm³/mol. The average molecular weight is 337 g/mol. The van der Waals surface area contributed by atoms with E-state index in [2.05, 4.69) is 41.5 Å². The van der Waals surface area contributed by atoms with E-state index in [0.717, 1.165) is 16.6 Å². The van der Waals surface area contributed by atoms with Crippen LogP contribution in [0.25, 0.3) is 0 Å². The normalized spacial score (nSPS) is 20.2. The molecule has 1 aliphatic rings. The van der Waals surface area contributed by atoms with Crippen molar-refractivity contribution < 1.29 is 31.7 Å². The minimum Gasteiger partial charge on any atom is -0.400 e. The van der Waals surface area contributed by atoms with Crippen LogP contribution < -0.4 is 5.46 Å². The largest absolute Gasteiger partial charge is 2.00 e. The molecule has 4 heteroatoms. The molecule has 1 fully saturated rings. The van der Waals surface area contributed by atoms with Gasteiger partial charge in [-0.15, -0.1) is 6.07 Å². The summed E-state index contributed by atoms with van der Waals surface area (Å²) in [5.41, 5.74) is 2.55. The maximum absolute atomic E-state index is 6.07. The molecule has 0 saturated carbocycles. The number of hydrogen-bond donors (Lipinski definition) is 0. The van der Waals surface area contributed by atoms with Crippen LogP contribution >= 0.6 is 0 Å². The molecule has 19 heavy (non-hydrogen) atoms. The number of hydrogen-bond acceptors (Lipinski definition) is 2. The second-order valence-electron chi connectivity index (χ2n) is 5.82. The van der Waals surface area contributed by atoms with Crippen molar-refractivity contribution in [1.29, 1.82) is 0 Å². The van der Waals surface area contributed by atoms with E-state index in [-0.39, 0.29) is 40.7 Å². The Kier molecular flexibility index (Phi) is 5.03. The molecular formula is C15H21BNbO2. The fourth-order valence-electron chi connectivity index (χ4n) is 2.15. The molecule has 0 aliphatic carbocycles. The molecule has 1 aliphatic heterocycles. The summed E-state index contributed by atoms with van der Waals surface area (Å²) in [5, 5.41) is 0. The maximum Gasteiger partial charge on any atom is 2.00 e. The van der Waals surface area contributed by atoms with Gasteiger partial charge in [-0.2, -0.15) is 24.1 Å². The Bertz CT molecular complexity index is 441. The third-order valence-electron chi connectivity index (χ3n) is 4.07. The summed E-state index contributed by atoms with van der Waals surface area (Å²) in [6.45, 7) is 16.3. The Labute approximate surface area is 132 Å². The van der Waals surface area contributed by atoms with E-state index in [0.29, 0.717) is 6.42 Å². The van der Waals surface area contributed by atoms with E-state index in [1.165, 1.54) is 0 Å². The topological polar surface area (TPSA) is 18.5 Å². The zero-order valence-corrected chi connectivity index (χ0v) is 14.4. The minimum atomic E-state index is -0.326. The van der Waals surface area contributed by atoms with Crippen molar-refractivity contribution in [3.05, 3.63) is 43.2 Å². The summed E-state index contributed by atoms with van der Waals surface area (Å²) < 4.78 is 12.1. The molecule has 0 bridgehead atoms. The van der Waals surface area contributed by atoms with E-state index in [1.54, 1.807) is 0 Å². The molecule has 1 aromatic rings. The Morgan fingerprint density at radius 2 is 1.63 bits per heavy atom. The molecule has 1 radical (unpaired) electrons. The first kappa shape index (κ1) is 16.9. The standard InChI is InChI=1S/C15H21BO2.Nb/c1-7-12-11(2)9-8-10-13(12)16-17-14(3,4)15(5,6)18-16;/h8-10H,1-2,7H2,3-6H3;/q-2;+2.